The number of hydrogen-bond acceptors (Lipinski definition) is 2. The van der Waals surface area contributed by atoms with Gasteiger partial charge in [0.25, 0.3) is 0 Å². The van der Waals surface area contributed by atoms with Crippen LogP contribution in [0.2, 0.25) is 18.1 Å². The number of rotatable bonds is 6. The molecule has 0 aromatic heterocycles. The van der Waals surface area contributed by atoms with Crippen LogP contribution in [0.3, 0.4) is 0 Å². The van der Waals surface area contributed by atoms with E-state index in [2.05, 4.69) is 54.3 Å². The zero-order chi connectivity index (χ0) is 14.7. The van der Waals surface area contributed by atoms with Gasteiger partial charge < -0.3 is 9.53 Å². The first-order valence-corrected chi connectivity index (χ1v) is 9.83. The van der Waals surface area contributed by atoms with Crippen molar-refractivity contribution in [2.75, 3.05) is 0 Å². The molecule has 0 fully saturated rings. The Morgan fingerprint density at radius 2 is 1.61 bits per heavy atom. The van der Waals surface area contributed by atoms with Crippen molar-refractivity contribution in [1.82, 2.24) is 0 Å². The fourth-order valence-corrected chi connectivity index (χ4v) is 3.14. The van der Waals surface area contributed by atoms with E-state index in [0.29, 0.717) is 0 Å². The van der Waals surface area contributed by atoms with Crippen LogP contribution in [0.15, 0.2) is 12.7 Å². The molecule has 2 nitrogen and oxygen atoms in total. The van der Waals surface area contributed by atoms with Gasteiger partial charge >= 0.3 is 0 Å². The first-order chi connectivity index (χ1) is 7.94. The lowest BCUT2D eigenvalue weighted by Gasteiger charge is -2.41. The average Bonchev–Trinajstić information content (AvgIpc) is 2.23. The zero-order valence-corrected chi connectivity index (χ0v) is 14.4. The largest absolute Gasteiger partial charge is 0.414 e. The Morgan fingerprint density at radius 3 is 1.94 bits per heavy atom. The molecule has 0 rings (SSSR count). The van der Waals surface area contributed by atoms with Gasteiger partial charge in [0, 0.05) is 17.9 Å². The van der Waals surface area contributed by atoms with Gasteiger partial charge in [-0.15, -0.1) is 6.58 Å². The molecule has 0 aliphatic heterocycles. The summed E-state index contributed by atoms with van der Waals surface area (Å²) >= 11 is 0. The highest BCUT2D eigenvalue weighted by molar-refractivity contribution is 6.74. The molecule has 0 aromatic rings. The minimum absolute atomic E-state index is 0.0725. The Bertz CT molecular complexity index is 268. The van der Waals surface area contributed by atoms with Gasteiger partial charge in [0.05, 0.1) is 6.10 Å². The number of hydrogen-bond donors (Lipinski definition) is 1. The van der Waals surface area contributed by atoms with Crippen LogP contribution in [0.1, 0.15) is 41.5 Å². The Kier molecular flexibility index (Phi) is 6.31. The fourth-order valence-electron chi connectivity index (χ4n) is 1.64. The maximum absolute atomic E-state index is 10.2. The van der Waals surface area contributed by atoms with Crippen LogP contribution >= 0.6 is 0 Å². The smallest absolute Gasteiger partial charge is 0.192 e. The molecule has 0 bridgehead atoms. The minimum atomic E-state index is -1.76. The highest BCUT2D eigenvalue weighted by Gasteiger charge is 2.40. The van der Waals surface area contributed by atoms with Crippen LogP contribution in [0, 0.1) is 11.8 Å². The third-order valence-corrected chi connectivity index (χ3v) is 9.05. The second-order valence-electron chi connectivity index (χ2n) is 7.03. The molecule has 0 saturated carbocycles. The van der Waals surface area contributed by atoms with Gasteiger partial charge in [-0.3, -0.25) is 0 Å². The van der Waals surface area contributed by atoms with Crippen LogP contribution in [-0.2, 0) is 4.43 Å². The zero-order valence-electron chi connectivity index (χ0n) is 13.4. The van der Waals surface area contributed by atoms with Crippen LogP contribution in [0.25, 0.3) is 0 Å². The lowest BCUT2D eigenvalue weighted by molar-refractivity contribution is 0.0176. The van der Waals surface area contributed by atoms with Crippen molar-refractivity contribution in [1.29, 1.82) is 0 Å². The fraction of sp³-hybridized carbons (Fsp3) is 0.867. The minimum Gasteiger partial charge on any atom is -0.414 e. The van der Waals surface area contributed by atoms with Gasteiger partial charge in [0.1, 0.15) is 0 Å². The van der Waals surface area contributed by atoms with Crippen molar-refractivity contribution in [2.45, 2.75) is 71.9 Å². The Labute approximate surface area is 115 Å². The van der Waals surface area contributed by atoms with Crippen LogP contribution in [0.4, 0.5) is 0 Å². The summed E-state index contributed by atoms with van der Waals surface area (Å²) in [6.45, 7) is 21.1. The van der Waals surface area contributed by atoms with Crippen molar-refractivity contribution < 1.29 is 9.53 Å². The molecule has 4 atom stereocenters. The molecule has 0 unspecified atom stereocenters. The summed E-state index contributed by atoms with van der Waals surface area (Å²) in [5, 5.41) is 10.4. The summed E-state index contributed by atoms with van der Waals surface area (Å²) < 4.78 is 6.32. The second kappa shape index (κ2) is 6.35. The van der Waals surface area contributed by atoms with E-state index in [9.17, 15) is 5.11 Å². The monoisotopic (exact) mass is 272 g/mol. The van der Waals surface area contributed by atoms with Crippen molar-refractivity contribution in [2.24, 2.45) is 11.8 Å². The molecule has 108 valence electrons. The van der Waals surface area contributed by atoms with Crippen molar-refractivity contribution in [3.8, 4) is 0 Å². The third kappa shape index (κ3) is 4.52. The lowest BCUT2D eigenvalue weighted by atomic mass is 9.90. The summed E-state index contributed by atoms with van der Waals surface area (Å²) in [7, 11) is -1.76. The van der Waals surface area contributed by atoms with Gasteiger partial charge in [-0.2, -0.15) is 0 Å². The quantitative estimate of drug-likeness (QED) is 0.579. The van der Waals surface area contributed by atoms with E-state index in [1.165, 1.54) is 0 Å². The number of aliphatic hydroxyl groups is 1. The molecule has 0 saturated heterocycles. The molecule has 0 aromatic carbocycles. The summed E-state index contributed by atoms with van der Waals surface area (Å²) in [5.74, 6) is 0.220. The standard InChI is InChI=1S/C15H32O2Si/c1-10-11(2)14(16)12(3)13(4)17-18(8,9)15(5,6)7/h10-14,16H,1H2,2-9H3/t11-,12+,13+,14-/m1/s1. The molecule has 3 heteroatoms. The molecule has 0 spiro atoms. The van der Waals surface area contributed by atoms with Crippen molar-refractivity contribution >= 4 is 8.32 Å². The summed E-state index contributed by atoms with van der Waals surface area (Å²) in [4.78, 5) is 0. The topological polar surface area (TPSA) is 29.5 Å². The molecular weight excluding hydrogens is 240 g/mol. The lowest BCUT2D eigenvalue weighted by Crippen LogP contribution is -2.46. The van der Waals surface area contributed by atoms with Gasteiger partial charge in [-0.05, 0) is 25.1 Å². The Hall–Kier alpha value is -0.123. The SMILES string of the molecule is C=C[C@@H](C)[C@@H](O)[C@@H](C)[C@H](C)O[Si](C)(C)C(C)(C)C. The summed E-state index contributed by atoms with van der Waals surface area (Å²) in [5.41, 5.74) is 0. The summed E-state index contributed by atoms with van der Waals surface area (Å²) in [6, 6.07) is 0. The van der Waals surface area contributed by atoms with Gasteiger partial charge in [-0.25, -0.2) is 0 Å². The molecule has 0 heterocycles. The molecule has 0 aliphatic rings. The normalized spacial score (nSPS) is 20.1. The van der Waals surface area contributed by atoms with Gasteiger partial charge in [-0.1, -0.05) is 40.7 Å². The van der Waals surface area contributed by atoms with E-state index in [1.54, 1.807) is 6.08 Å². The highest BCUT2D eigenvalue weighted by Crippen LogP contribution is 2.38. The van der Waals surface area contributed by atoms with E-state index in [0.717, 1.165) is 0 Å². The van der Waals surface area contributed by atoms with Gasteiger partial charge in [0.2, 0.25) is 0 Å². The second-order valence-corrected chi connectivity index (χ2v) is 11.8. The highest BCUT2D eigenvalue weighted by atomic mass is 28.4. The summed E-state index contributed by atoms with van der Waals surface area (Å²) in [6.07, 6.45) is 1.49. The van der Waals surface area contributed by atoms with Crippen LogP contribution < -0.4 is 0 Å². The molecular formula is C15H32O2Si. The number of aliphatic hydroxyl groups excluding tert-OH is 1. The van der Waals surface area contributed by atoms with E-state index in [1.807, 2.05) is 6.92 Å². The van der Waals surface area contributed by atoms with Crippen LogP contribution in [0.5, 0.6) is 0 Å². The Morgan fingerprint density at radius 1 is 1.17 bits per heavy atom. The molecule has 0 radical (unpaired) electrons. The molecule has 1 N–H and O–H groups in total. The first-order valence-electron chi connectivity index (χ1n) is 6.92. The first kappa shape index (κ1) is 17.9. The molecule has 0 aliphatic carbocycles. The predicted molar refractivity (Wildman–Crippen MR) is 82.3 cm³/mol. The van der Waals surface area contributed by atoms with Crippen LogP contribution in [-0.4, -0.2) is 25.6 Å². The molecule has 0 amide bonds. The predicted octanol–water partition coefficient (Wildman–Crippen LogP) is 4.22. The molecule has 18 heavy (non-hydrogen) atoms. The third-order valence-electron chi connectivity index (χ3n) is 4.48. The van der Waals surface area contributed by atoms with E-state index in [4.69, 9.17) is 4.43 Å². The van der Waals surface area contributed by atoms with E-state index < -0.39 is 8.32 Å². The van der Waals surface area contributed by atoms with Crippen molar-refractivity contribution in [3.63, 3.8) is 0 Å². The maximum Gasteiger partial charge on any atom is 0.192 e. The maximum atomic E-state index is 10.2. The van der Waals surface area contributed by atoms with Crippen molar-refractivity contribution in [3.05, 3.63) is 12.7 Å². The Balaban J connectivity index is 4.68. The van der Waals surface area contributed by atoms with E-state index in [-0.39, 0.29) is 29.1 Å². The average molecular weight is 273 g/mol. The van der Waals surface area contributed by atoms with E-state index >= 15 is 0 Å². The van der Waals surface area contributed by atoms with Gasteiger partial charge in [0.15, 0.2) is 8.32 Å².